The van der Waals surface area contributed by atoms with Gasteiger partial charge in [0, 0.05) is 19.2 Å². The molecule has 7 nitrogen and oxygen atoms in total. The fourth-order valence-corrected chi connectivity index (χ4v) is 3.14. The second kappa shape index (κ2) is 8.60. The molecule has 0 aromatic carbocycles. The van der Waals surface area contributed by atoms with Gasteiger partial charge in [0.25, 0.3) is 0 Å². The fourth-order valence-electron chi connectivity index (χ4n) is 3.14. The Labute approximate surface area is 144 Å². The molecule has 2 N–H and O–H groups in total. The van der Waals surface area contributed by atoms with Crippen LogP contribution in [0.25, 0.3) is 0 Å². The first kappa shape index (κ1) is 18.9. The van der Waals surface area contributed by atoms with Crippen LogP contribution in [0.15, 0.2) is 10.6 Å². The van der Waals surface area contributed by atoms with Crippen molar-refractivity contribution in [2.45, 2.75) is 45.8 Å². The molecule has 1 aromatic heterocycles. The van der Waals surface area contributed by atoms with E-state index in [1.54, 1.807) is 6.07 Å². The molecule has 2 heterocycles. The van der Waals surface area contributed by atoms with Crippen molar-refractivity contribution in [3.63, 3.8) is 0 Å². The number of anilines is 1. The number of aryl methyl sites for hydroxylation is 1. The van der Waals surface area contributed by atoms with Gasteiger partial charge in [0.2, 0.25) is 11.8 Å². The van der Waals surface area contributed by atoms with Gasteiger partial charge in [0.15, 0.2) is 0 Å². The van der Waals surface area contributed by atoms with Crippen molar-refractivity contribution in [3.8, 4) is 0 Å². The molecule has 2 atom stereocenters. The molecule has 2 unspecified atom stereocenters. The van der Waals surface area contributed by atoms with Gasteiger partial charge < -0.3 is 14.5 Å². The minimum absolute atomic E-state index is 0.0832. The van der Waals surface area contributed by atoms with Crippen LogP contribution in [0.3, 0.4) is 0 Å². The third kappa shape index (κ3) is 5.58. The van der Waals surface area contributed by atoms with E-state index in [0.717, 1.165) is 44.7 Å². The normalized spacial score (nSPS) is 19.4. The van der Waals surface area contributed by atoms with Crippen molar-refractivity contribution in [1.82, 2.24) is 15.0 Å². The highest BCUT2D eigenvalue weighted by molar-refractivity contribution is 5.93. The van der Waals surface area contributed by atoms with Gasteiger partial charge >= 0.3 is 0 Å². The summed E-state index contributed by atoms with van der Waals surface area (Å²) in [6.07, 6.45) is 1.94. The Hall–Kier alpha value is -1.44. The number of amides is 1. The molecular weight excluding hydrogens is 308 g/mol. The van der Waals surface area contributed by atoms with Crippen LogP contribution in [0, 0.1) is 12.8 Å². The van der Waals surface area contributed by atoms with Crippen LogP contribution in [-0.4, -0.2) is 71.3 Å². The Morgan fingerprint density at radius 3 is 2.71 bits per heavy atom. The summed E-state index contributed by atoms with van der Waals surface area (Å²) in [4.78, 5) is 16.7. The second-order valence-corrected chi connectivity index (χ2v) is 7.03. The molecule has 0 aliphatic carbocycles. The maximum atomic E-state index is 12.3. The van der Waals surface area contributed by atoms with Crippen LogP contribution in [-0.2, 0) is 4.79 Å². The number of piperidine rings is 1. The molecule has 1 saturated heterocycles. The summed E-state index contributed by atoms with van der Waals surface area (Å²) in [6.45, 7) is 9.23. The number of hydrogen-bond donors (Lipinski definition) is 2. The summed E-state index contributed by atoms with van der Waals surface area (Å²) < 4.78 is 5.03. The first-order valence-corrected chi connectivity index (χ1v) is 8.70. The monoisotopic (exact) mass is 338 g/mol. The Morgan fingerprint density at radius 2 is 2.17 bits per heavy atom. The van der Waals surface area contributed by atoms with Crippen LogP contribution >= 0.6 is 0 Å². The molecule has 136 valence electrons. The highest BCUT2D eigenvalue weighted by Crippen LogP contribution is 2.19. The largest absolute Gasteiger partial charge is 0.392 e. The van der Waals surface area contributed by atoms with Crippen LogP contribution in [0.5, 0.6) is 0 Å². The van der Waals surface area contributed by atoms with Crippen molar-refractivity contribution in [2.75, 3.05) is 38.5 Å². The SMILES string of the molecule is Cc1cc(NC(=O)C(C)N(C)CC2CCN(CC(C)O)CC2)on1. The number of carbonyl (C=O) groups is 1. The lowest BCUT2D eigenvalue weighted by Gasteiger charge is -2.35. The highest BCUT2D eigenvalue weighted by Gasteiger charge is 2.25. The molecular formula is C17H30N4O3. The third-order valence-corrected chi connectivity index (χ3v) is 4.69. The minimum Gasteiger partial charge on any atom is -0.392 e. The molecule has 7 heteroatoms. The number of nitrogens with one attached hydrogen (secondary N) is 1. The van der Waals surface area contributed by atoms with E-state index in [-0.39, 0.29) is 18.1 Å². The minimum atomic E-state index is -0.271. The van der Waals surface area contributed by atoms with E-state index in [2.05, 4.69) is 20.3 Å². The average molecular weight is 338 g/mol. The van der Waals surface area contributed by atoms with Crippen LogP contribution < -0.4 is 5.32 Å². The molecule has 1 amide bonds. The zero-order valence-corrected chi connectivity index (χ0v) is 15.2. The molecule has 0 bridgehead atoms. The molecule has 24 heavy (non-hydrogen) atoms. The van der Waals surface area contributed by atoms with Crippen molar-refractivity contribution >= 4 is 11.8 Å². The van der Waals surface area contributed by atoms with Crippen LogP contribution in [0.4, 0.5) is 5.88 Å². The van der Waals surface area contributed by atoms with E-state index < -0.39 is 0 Å². The maximum absolute atomic E-state index is 12.3. The van der Waals surface area contributed by atoms with Crippen LogP contribution in [0.2, 0.25) is 0 Å². The number of likely N-dealkylation sites (tertiary alicyclic amines) is 1. The van der Waals surface area contributed by atoms with E-state index >= 15 is 0 Å². The smallest absolute Gasteiger partial charge is 0.243 e. The molecule has 0 spiro atoms. The van der Waals surface area contributed by atoms with Gasteiger partial charge in [-0.3, -0.25) is 15.0 Å². The lowest BCUT2D eigenvalue weighted by atomic mass is 9.95. The lowest BCUT2D eigenvalue weighted by Crippen LogP contribution is -2.45. The number of likely N-dealkylation sites (N-methyl/N-ethyl adjacent to an activating group) is 1. The van der Waals surface area contributed by atoms with Gasteiger partial charge in [-0.1, -0.05) is 5.16 Å². The maximum Gasteiger partial charge on any atom is 0.243 e. The Balaban J connectivity index is 1.75. The van der Waals surface area contributed by atoms with Crippen molar-refractivity contribution in [2.24, 2.45) is 5.92 Å². The number of carbonyl (C=O) groups excluding carboxylic acids is 1. The number of aliphatic hydroxyl groups excluding tert-OH is 1. The van der Waals surface area contributed by atoms with Gasteiger partial charge in [-0.15, -0.1) is 0 Å². The number of hydrogen-bond acceptors (Lipinski definition) is 6. The van der Waals surface area contributed by atoms with Gasteiger partial charge in [0.05, 0.1) is 17.8 Å². The molecule has 2 rings (SSSR count). The zero-order chi connectivity index (χ0) is 17.7. The van der Waals surface area contributed by atoms with Gasteiger partial charge in [-0.2, -0.15) is 0 Å². The number of aliphatic hydroxyl groups is 1. The summed E-state index contributed by atoms with van der Waals surface area (Å²) in [6, 6.07) is 1.48. The van der Waals surface area contributed by atoms with E-state index in [0.29, 0.717) is 11.8 Å². The molecule has 0 saturated carbocycles. The Bertz CT molecular complexity index is 524. The standard InChI is InChI=1S/C17H30N4O3/c1-12-9-16(24-19-12)18-17(23)14(3)20(4)11-15-5-7-21(8-6-15)10-13(2)22/h9,13-15,22H,5-8,10-11H2,1-4H3,(H,18,23). The topological polar surface area (TPSA) is 81.8 Å². The quantitative estimate of drug-likeness (QED) is 0.781. The molecule has 1 aliphatic heterocycles. The molecule has 1 aromatic rings. The first-order chi connectivity index (χ1) is 11.3. The van der Waals surface area contributed by atoms with Crippen molar-refractivity contribution < 1.29 is 14.4 Å². The highest BCUT2D eigenvalue weighted by atomic mass is 16.5. The van der Waals surface area contributed by atoms with Gasteiger partial charge in [-0.25, -0.2) is 0 Å². The van der Waals surface area contributed by atoms with E-state index in [4.69, 9.17) is 4.52 Å². The van der Waals surface area contributed by atoms with E-state index in [9.17, 15) is 9.90 Å². The number of nitrogens with zero attached hydrogens (tertiary/aromatic N) is 3. The molecule has 1 aliphatic rings. The summed E-state index contributed by atoms with van der Waals surface area (Å²) >= 11 is 0. The summed E-state index contributed by atoms with van der Waals surface area (Å²) in [5.41, 5.74) is 0.746. The number of aromatic nitrogens is 1. The summed E-state index contributed by atoms with van der Waals surface area (Å²) in [5, 5.41) is 16.0. The lowest BCUT2D eigenvalue weighted by molar-refractivity contribution is -0.120. The van der Waals surface area contributed by atoms with Gasteiger partial charge in [0.1, 0.15) is 0 Å². The predicted octanol–water partition coefficient (Wildman–Crippen LogP) is 1.33. The van der Waals surface area contributed by atoms with Crippen molar-refractivity contribution in [3.05, 3.63) is 11.8 Å². The second-order valence-electron chi connectivity index (χ2n) is 7.03. The zero-order valence-electron chi connectivity index (χ0n) is 15.2. The Kier molecular flexibility index (Phi) is 6.77. The average Bonchev–Trinajstić information content (AvgIpc) is 2.93. The first-order valence-electron chi connectivity index (χ1n) is 8.70. The third-order valence-electron chi connectivity index (χ3n) is 4.69. The van der Waals surface area contributed by atoms with E-state index in [1.807, 2.05) is 27.8 Å². The number of β-amino-alcohol motifs (C(OH)–C–C–N with tert-alkyl or cyclic N) is 1. The van der Waals surface area contributed by atoms with Gasteiger partial charge in [-0.05, 0) is 59.7 Å². The Morgan fingerprint density at radius 1 is 1.50 bits per heavy atom. The predicted molar refractivity (Wildman–Crippen MR) is 92.8 cm³/mol. The van der Waals surface area contributed by atoms with Crippen LogP contribution in [0.1, 0.15) is 32.4 Å². The molecule has 0 radical (unpaired) electrons. The summed E-state index contributed by atoms with van der Waals surface area (Å²) in [5.74, 6) is 0.896. The summed E-state index contributed by atoms with van der Waals surface area (Å²) in [7, 11) is 1.98. The number of rotatable bonds is 7. The molecule has 1 fully saturated rings. The fraction of sp³-hybridized carbons (Fsp3) is 0.765. The van der Waals surface area contributed by atoms with E-state index in [1.165, 1.54) is 0 Å². The van der Waals surface area contributed by atoms with Crippen molar-refractivity contribution in [1.29, 1.82) is 0 Å².